The van der Waals surface area contributed by atoms with Gasteiger partial charge in [-0.1, -0.05) is 90.5 Å². The molecule has 0 radical (unpaired) electrons. The number of benzene rings is 4. The van der Waals surface area contributed by atoms with Crippen molar-refractivity contribution in [1.29, 1.82) is 0 Å². The Labute approximate surface area is 244 Å². The zero-order chi connectivity index (χ0) is 28.6. The molecule has 4 aromatic rings. The Morgan fingerprint density at radius 2 is 1.46 bits per heavy atom. The van der Waals surface area contributed by atoms with E-state index in [9.17, 15) is 14.4 Å². The molecule has 0 unspecified atom stereocenters. The predicted octanol–water partition coefficient (Wildman–Crippen LogP) is 5.95. The summed E-state index contributed by atoms with van der Waals surface area (Å²) in [6.45, 7) is 0.411. The average molecular weight is 565 g/mol. The van der Waals surface area contributed by atoms with Crippen LogP contribution in [0.15, 0.2) is 103 Å². The quantitative estimate of drug-likeness (QED) is 0.248. The van der Waals surface area contributed by atoms with Crippen LogP contribution in [0.3, 0.4) is 0 Å². The highest BCUT2D eigenvalue weighted by atomic mass is 35.5. The predicted molar refractivity (Wildman–Crippen MR) is 158 cm³/mol. The van der Waals surface area contributed by atoms with Crippen molar-refractivity contribution in [3.8, 4) is 5.75 Å². The van der Waals surface area contributed by atoms with Gasteiger partial charge in [-0.05, 0) is 47.4 Å². The molecule has 0 aliphatic carbocycles. The molecule has 0 aromatic heterocycles. The molecule has 2 aliphatic rings. The first-order valence-electron chi connectivity index (χ1n) is 13.6. The molecule has 2 aliphatic heterocycles. The lowest BCUT2D eigenvalue weighted by molar-refractivity contribution is -0.142. The first-order chi connectivity index (χ1) is 19.9. The highest BCUT2D eigenvalue weighted by Gasteiger charge is 2.61. The Bertz CT molecular complexity index is 1620. The molecule has 0 N–H and O–H groups in total. The van der Waals surface area contributed by atoms with Gasteiger partial charge >= 0.3 is 0 Å². The minimum absolute atomic E-state index is 0.0717. The van der Waals surface area contributed by atoms with Gasteiger partial charge in [-0.3, -0.25) is 19.3 Å². The van der Waals surface area contributed by atoms with Gasteiger partial charge in [-0.2, -0.15) is 0 Å². The molecular formula is C34H29ClN2O4. The lowest BCUT2D eigenvalue weighted by Gasteiger charge is -2.33. The maximum absolute atomic E-state index is 14.8. The highest BCUT2D eigenvalue weighted by molar-refractivity contribution is 6.31. The third kappa shape index (κ3) is 4.68. The number of likely N-dealkylation sites (tertiary alicyclic amines) is 1. The van der Waals surface area contributed by atoms with Crippen molar-refractivity contribution >= 4 is 35.0 Å². The number of methoxy groups -OCH3 is 1. The normalized spacial score (nSPS) is 20.0. The fourth-order valence-electron chi connectivity index (χ4n) is 6.28. The van der Waals surface area contributed by atoms with Crippen molar-refractivity contribution in [2.45, 2.75) is 31.3 Å². The first-order valence-corrected chi connectivity index (χ1v) is 14.0. The van der Waals surface area contributed by atoms with E-state index in [1.165, 1.54) is 4.90 Å². The number of fused-ring (bicyclic) bond motifs is 1. The second kappa shape index (κ2) is 10.9. The zero-order valence-corrected chi connectivity index (χ0v) is 23.4. The molecule has 41 heavy (non-hydrogen) atoms. The van der Waals surface area contributed by atoms with Gasteiger partial charge in [0.05, 0.1) is 31.5 Å². The van der Waals surface area contributed by atoms with Crippen molar-refractivity contribution in [2.24, 2.45) is 5.92 Å². The van der Waals surface area contributed by atoms with Crippen LogP contribution in [-0.2, 0) is 39.3 Å². The number of anilines is 1. The fraction of sp³-hybridized carbons (Fsp3) is 0.206. The molecule has 6 rings (SSSR count). The highest BCUT2D eigenvalue weighted by Crippen LogP contribution is 2.52. The summed E-state index contributed by atoms with van der Waals surface area (Å²) in [5.74, 6) is -1.17. The number of halogens is 1. The minimum atomic E-state index is -1.31. The van der Waals surface area contributed by atoms with Gasteiger partial charge in [0.2, 0.25) is 17.7 Å². The van der Waals surface area contributed by atoms with Crippen molar-refractivity contribution in [3.63, 3.8) is 0 Å². The lowest BCUT2D eigenvalue weighted by Crippen LogP contribution is -2.49. The van der Waals surface area contributed by atoms with Crippen molar-refractivity contribution in [2.75, 3.05) is 12.0 Å². The molecular weight excluding hydrogens is 536 g/mol. The van der Waals surface area contributed by atoms with Gasteiger partial charge in [0.25, 0.3) is 0 Å². The Balaban J connectivity index is 1.47. The topological polar surface area (TPSA) is 66.9 Å². The third-order valence-electron chi connectivity index (χ3n) is 8.23. The van der Waals surface area contributed by atoms with Crippen LogP contribution < -0.4 is 9.64 Å². The van der Waals surface area contributed by atoms with Crippen LogP contribution in [0.25, 0.3) is 0 Å². The summed E-state index contributed by atoms with van der Waals surface area (Å²) in [4.78, 5) is 45.6. The van der Waals surface area contributed by atoms with Crippen LogP contribution in [0.2, 0.25) is 5.02 Å². The smallest absolute Gasteiger partial charge is 0.239 e. The molecule has 3 amide bonds. The third-order valence-corrected chi connectivity index (χ3v) is 8.46. The van der Waals surface area contributed by atoms with Crippen LogP contribution in [0.5, 0.6) is 5.75 Å². The lowest BCUT2D eigenvalue weighted by atomic mass is 9.66. The molecule has 1 saturated heterocycles. The second-order valence-electron chi connectivity index (χ2n) is 10.6. The SMILES string of the molecule is COc1ccccc1CN1C(=O)C[C@H]([C@]2(Cc3ccccc3)C(=O)N(Cc3ccccc3)c3ccc(Cl)cc32)C1=O. The number of rotatable bonds is 8. The van der Waals surface area contributed by atoms with E-state index < -0.39 is 11.3 Å². The molecule has 0 spiro atoms. The van der Waals surface area contributed by atoms with E-state index in [0.717, 1.165) is 16.7 Å². The number of amides is 3. The van der Waals surface area contributed by atoms with Gasteiger partial charge < -0.3 is 9.64 Å². The summed E-state index contributed by atoms with van der Waals surface area (Å²) in [6.07, 6.45) is 0.190. The molecule has 2 heterocycles. The fourth-order valence-corrected chi connectivity index (χ4v) is 6.45. The number of nitrogens with zero attached hydrogens (tertiary/aromatic N) is 2. The van der Waals surface area contributed by atoms with E-state index in [0.29, 0.717) is 28.6 Å². The number of carbonyl (C=O) groups excluding carboxylic acids is 3. The van der Waals surface area contributed by atoms with Gasteiger partial charge in [-0.25, -0.2) is 0 Å². The van der Waals surface area contributed by atoms with E-state index in [-0.39, 0.29) is 37.1 Å². The number of para-hydroxylation sites is 1. The van der Waals surface area contributed by atoms with Gasteiger partial charge in [0, 0.05) is 22.7 Å². The van der Waals surface area contributed by atoms with Crippen molar-refractivity contribution < 1.29 is 19.1 Å². The summed E-state index contributed by atoms with van der Waals surface area (Å²) < 4.78 is 5.47. The van der Waals surface area contributed by atoms with Crippen molar-refractivity contribution in [1.82, 2.24) is 4.90 Å². The Morgan fingerprint density at radius 3 is 2.17 bits per heavy atom. The van der Waals surface area contributed by atoms with E-state index >= 15 is 0 Å². The van der Waals surface area contributed by atoms with E-state index in [1.54, 1.807) is 30.2 Å². The largest absolute Gasteiger partial charge is 0.496 e. The summed E-state index contributed by atoms with van der Waals surface area (Å²) >= 11 is 6.54. The first kappa shape index (κ1) is 26.8. The minimum Gasteiger partial charge on any atom is -0.496 e. The molecule has 206 valence electrons. The van der Waals surface area contributed by atoms with Crippen molar-refractivity contribution in [3.05, 3.63) is 130 Å². The van der Waals surface area contributed by atoms with Gasteiger partial charge in [0.1, 0.15) is 5.75 Å². The molecule has 0 saturated carbocycles. The van der Waals surface area contributed by atoms with Crippen LogP contribution in [0, 0.1) is 5.92 Å². The van der Waals surface area contributed by atoms with Crippen LogP contribution in [-0.4, -0.2) is 29.7 Å². The number of ether oxygens (including phenoxy) is 1. The Hall–Kier alpha value is -4.42. The van der Waals surface area contributed by atoms with E-state index in [4.69, 9.17) is 16.3 Å². The Morgan fingerprint density at radius 1 is 0.805 bits per heavy atom. The summed E-state index contributed by atoms with van der Waals surface area (Å²) in [5.41, 5.74) is 2.67. The second-order valence-corrected chi connectivity index (χ2v) is 11.0. The number of hydrogen-bond acceptors (Lipinski definition) is 4. The number of hydrogen-bond donors (Lipinski definition) is 0. The molecule has 7 heteroatoms. The number of imide groups is 1. The van der Waals surface area contributed by atoms with Crippen LogP contribution in [0.1, 0.15) is 28.7 Å². The summed E-state index contributed by atoms with van der Waals surface area (Å²) in [6, 6.07) is 32.1. The molecule has 2 atom stereocenters. The van der Waals surface area contributed by atoms with Crippen LogP contribution >= 0.6 is 11.6 Å². The monoisotopic (exact) mass is 564 g/mol. The molecule has 6 nitrogen and oxygen atoms in total. The standard InChI is InChI=1S/C34H29ClN2O4/c1-41-30-15-9-8-14-25(30)22-37-31(38)19-28(32(37)39)34(20-23-10-4-2-5-11-23)27-18-26(35)16-17-29(27)36(33(34)40)21-24-12-6-3-7-13-24/h2-18,28H,19-22H2,1H3/t28-,34+/m0/s1. The van der Waals surface area contributed by atoms with Crippen LogP contribution in [0.4, 0.5) is 5.69 Å². The van der Waals surface area contributed by atoms with E-state index in [1.807, 2.05) is 84.9 Å². The number of carbonyl (C=O) groups is 3. The molecule has 0 bridgehead atoms. The van der Waals surface area contributed by atoms with Gasteiger partial charge in [0.15, 0.2) is 0 Å². The maximum Gasteiger partial charge on any atom is 0.239 e. The maximum atomic E-state index is 14.8. The summed E-state index contributed by atoms with van der Waals surface area (Å²) in [7, 11) is 1.56. The average Bonchev–Trinajstić information content (AvgIpc) is 3.40. The van der Waals surface area contributed by atoms with E-state index in [2.05, 4.69) is 0 Å². The molecule has 1 fully saturated rings. The van der Waals surface area contributed by atoms with Gasteiger partial charge in [-0.15, -0.1) is 0 Å². The zero-order valence-electron chi connectivity index (χ0n) is 22.6. The molecule has 4 aromatic carbocycles. The Kier molecular flexibility index (Phi) is 7.10. The summed E-state index contributed by atoms with van der Waals surface area (Å²) in [5, 5.41) is 0.471.